The highest BCUT2D eigenvalue weighted by molar-refractivity contribution is 7.09. The highest BCUT2D eigenvalue weighted by atomic mass is 32.1. The van der Waals surface area contributed by atoms with Gasteiger partial charge in [-0.25, -0.2) is 9.78 Å². The standard InChI is InChI=1S/C17H23N3OS/c1-11(2)15-8-6-7-12(3)16(15)19-17(21)20(5)9-14-10-22-13(4)18-14/h6-8,10-11H,9H2,1-5H3,(H,19,21). The lowest BCUT2D eigenvalue weighted by atomic mass is 9.98. The van der Waals surface area contributed by atoms with Crippen LogP contribution in [0.4, 0.5) is 10.5 Å². The molecule has 2 rings (SSSR count). The van der Waals surface area contributed by atoms with E-state index in [1.54, 1.807) is 23.3 Å². The van der Waals surface area contributed by atoms with Crippen molar-refractivity contribution < 1.29 is 4.79 Å². The molecule has 0 radical (unpaired) electrons. The largest absolute Gasteiger partial charge is 0.322 e. The number of anilines is 1. The van der Waals surface area contributed by atoms with E-state index in [1.807, 2.05) is 31.4 Å². The summed E-state index contributed by atoms with van der Waals surface area (Å²) in [5, 5.41) is 6.06. The second-order valence-corrected chi connectivity index (χ2v) is 6.90. The number of carbonyl (C=O) groups excluding carboxylic acids is 1. The number of hydrogen-bond donors (Lipinski definition) is 1. The average Bonchev–Trinajstić information content (AvgIpc) is 2.85. The van der Waals surface area contributed by atoms with Gasteiger partial charge in [0.15, 0.2) is 0 Å². The van der Waals surface area contributed by atoms with Crippen LogP contribution in [0.2, 0.25) is 0 Å². The summed E-state index contributed by atoms with van der Waals surface area (Å²) in [6.07, 6.45) is 0. The molecule has 0 unspecified atom stereocenters. The van der Waals surface area contributed by atoms with Gasteiger partial charge in [-0.05, 0) is 30.9 Å². The molecule has 0 bridgehead atoms. The lowest BCUT2D eigenvalue weighted by Crippen LogP contribution is -2.31. The molecular weight excluding hydrogens is 294 g/mol. The van der Waals surface area contributed by atoms with Crippen LogP contribution in [0.5, 0.6) is 0 Å². The zero-order chi connectivity index (χ0) is 16.3. The molecule has 4 nitrogen and oxygen atoms in total. The maximum Gasteiger partial charge on any atom is 0.321 e. The predicted molar refractivity (Wildman–Crippen MR) is 92.6 cm³/mol. The van der Waals surface area contributed by atoms with Crippen LogP contribution in [0.25, 0.3) is 0 Å². The molecule has 1 N–H and O–H groups in total. The number of carbonyl (C=O) groups is 1. The van der Waals surface area contributed by atoms with Gasteiger partial charge in [-0.3, -0.25) is 0 Å². The molecule has 0 aliphatic heterocycles. The van der Waals surface area contributed by atoms with Crippen LogP contribution in [-0.4, -0.2) is 23.0 Å². The van der Waals surface area contributed by atoms with Crippen molar-refractivity contribution in [3.05, 3.63) is 45.4 Å². The molecule has 5 heteroatoms. The smallest absolute Gasteiger partial charge is 0.321 e. The Balaban J connectivity index is 2.11. The van der Waals surface area contributed by atoms with Crippen molar-refractivity contribution in [1.29, 1.82) is 0 Å². The third kappa shape index (κ3) is 3.85. The summed E-state index contributed by atoms with van der Waals surface area (Å²) in [6, 6.07) is 6.01. The van der Waals surface area contributed by atoms with E-state index >= 15 is 0 Å². The van der Waals surface area contributed by atoms with Crippen molar-refractivity contribution in [2.75, 3.05) is 12.4 Å². The Morgan fingerprint density at radius 3 is 2.68 bits per heavy atom. The van der Waals surface area contributed by atoms with Gasteiger partial charge in [0.25, 0.3) is 0 Å². The Hall–Kier alpha value is -1.88. The number of aryl methyl sites for hydroxylation is 2. The van der Waals surface area contributed by atoms with Gasteiger partial charge in [0.1, 0.15) is 0 Å². The molecule has 2 amide bonds. The zero-order valence-electron chi connectivity index (χ0n) is 13.8. The van der Waals surface area contributed by atoms with Crippen molar-refractivity contribution >= 4 is 23.1 Å². The summed E-state index contributed by atoms with van der Waals surface area (Å²) in [4.78, 5) is 18.5. The molecule has 2 aromatic rings. The van der Waals surface area contributed by atoms with Gasteiger partial charge in [-0.15, -0.1) is 11.3 Å². The topological polar surface area (TPSA) is 45.2 Å². The number of nitrogens with one attached hydrogen (secondary N) is 1. The van der Waals surface area contributed by atoms with E-state index in [9.17, 15) is 4.79 Å². The van der Waals surface area contributed by atoms with Gasteiger partial charge in [0, 0.05) is 18.1 Å². The number of benzene rings is 1. The minimum absolute atomic E-state index is 0.109. The van der Waals surface area contributed by atoms with Crippen LogP contribution in [0, 0.1) is 13.8 Å². The number of amides is 2. The third-order valence-corrected chi connectivity index (χ3v) is 4.39. The number of para-hydroxylation sites is 1. The number of nitrogens with zero attached hydrogens (tertiary/aromatic N) is 2. The van der Waals surface area contributed by atoms with E-state index in [0.717, 1.165) is 27.5 Å². The first kappa shape index (κ1) is 16.5. The Kier molecular flexibility index (Phi) is 5.19. The first-order valence-corrected chi connectivity index (χ1v) is 8.29. The van der Waals surface area contributed by atoms with Crippen molar-refractivity contribution in [3.63, 3.8) is 0 Å². The first-order valence-electron chi connectivity index (χ1n) is 7.41. The maximum absolute atomic E-state index is 12.4. The Bertz CT molecular complexity index is 664. The predicted octanol–water partition coefficient (Wildman–Crippen LogP) is 4.55. The Morgan fingerprint density at radius 1 is 1.36 bits per heavy atom. The number of thiazole rings is 1. The van der Waals surface area contributed by atoms with E-state index in [4.69, 9.17) is 0 Å². The Morgan fingerprint density at radius 2 is 2.09 bits per heavy atom. The molecule has 118 valence electrons. The van der Waals surface area contributed by atoms with Crippen molar-refractivity contribution in [3.8, 4) is 0 Å². The number of hydrogen-bond acceptors (Lipinski definition) is 3. The van der Waals surface area contributed by atoms with Crippen LogP contribution in [-0.2, 0) is 6.54 Å². The fourth-order valence-corrected chi connectivity index (χ4v) is 2.94. The van der Waals surface area contributed by atoms with Gasteiger partial charge in [-0.1, -0.05) is 32.0 Å². The average molecular weight is 317 g/mol. The number of urea groups is 1. The monoisotopic (exact) mass is 317 g/mol. The second kappa shape index (κ2) is 6.92. The molecule has 1 aromatic heterocycles. The fraction of sp³-hybridized carbons (Fsp3) is 0.412. The molecule has 0 saturated carbocycles. The van der Waals surface area contributed by atoms with Crippen LogP contribution in [0.3, 0.4) is 0 Å². The van der Waals surface area contributed by atoms with Crippen LogP contribution < -0.4 is 5.32 Å². The van der Waals surface area contributed by atoms with Crippen molar-refractivity contribution in [2.24, 2.45) is 0 Å². The SMILES string of the molecule is Cc1nc(CN(C)C(=O)Nc2c(C)cccc2C(C)C)cs1. The normalized spacial score (nSPS) is 10.8. The molecule has 0 aliphatic rings. The highest BCUT2D eigenvalue weighted by Crippen LogP contribution is 2.27. The summed E-state index contributed by atoms with van der Waals surface area (Å²) >= 11 is 1.60. The van der Waals surface area contributed by atoms with Crippen LogP contribution in [0.1, 0.15) is 41.6 Å². The molecule has 1 aromatic carbocycles. The molecule has 0 aliphatic carbocycles. The molecule has 22 heavy (non-hydrogen) atoms. The minimum atomic E-state index is -0.109. The van der Waals surface area contributed by atoms with E-state index in [0.29, 0.717) is 12.5 Å². The van der Waals surface area contributed by atoms with Crippen LogP contribution in [0.15, 0.2) is 23.6 Å². The van der Waals surface area contributed by atoms with Gasteiger partial charge in [0.05, 0.1) is 17.2 Å². The lowest BCUT2D eigenvalue weighted by molar-refractivity contribution is 0.220. The summed E-state index contributed by atoms with van der Waals surface area (Å²) in [5.74, 6) is 0.363. The molecule has 1 heterocycles. The fourth-order valence-electron chi connectivity index (χ4n) is 2.34. The minimum Gasteiger partial charge on any atom is -0.322 e. The van der Waals surface area contributed by atoms with Crippen molar-refractivity contribution in [1.82, 2.24) is 9.88 Å². The van der Waals surface area contributed by atoms with E-state index in [1.165, 1.54) is 0 Å². The number of rotatable bonds is 4. The quantitative estimate of drug-likeness (QED) is 0.899. The van der Waals surface area contributed by atoms with E-state index in [2.05, 4.69) is 30.2 Å². The van der Waals surface area contributed by atoms with Crippen molar-refractivity contribution in [2.45, 2.75) is 40.2 Å². The summed E-state index contributed by atoms with van der Waals surface area (Å²) < 4.78 is 0. The first-order chi connectivity index (χ1) is 10.4. The van der Waals surface area contributed by atoms with E-state index in [-0.39, 0.29) is 6.03 Å². The molecule has 0 fully saturated rings. The van der Waals surface area contributed by atoms with Gasteiger partial charge >= 0.3 is 6.03 Å². The van der Waals surface area contributed by atoms with Gasteiger partial charge in [0.2, 0.25) is 0 Å². The van der Waals surface area contributed by atoms with E-state index < -0.39 is 0 Å². The lowest BCUT2D eigenvalue weighted by Gasteiger charge is -2.21. The molecule has 0 spiro atoms. The third-order valence-electron chi connectivity index (χ3n) is 3.57. The summed E-state index contributed by atoms with van der Waals surface area (Å²) in [6.45, 7) is 8.76. The Labute approximate surface area is 136 Å². The van der Waals surface area contributed by atoms with Gasteiger partial charge < -0.3 is 10.2 Å². The highest BCUT2D eigenvalue weighted by Gasteiger charge is 2.15. The molecule has 0 saturated heterocycles. The van der Waals surface area contributed by atoms with Gasteiger partial charge in [-0.2, -0.15) is 0 Å². The summed E-state index contributed by atoms with van der Waals surface area (Å²) in [7, 11) is 1.79. The molecule has 0 atom stereocenters. The number of aromatic nitrogens is 1. The zero-order valence-corrected chi connectivity index (χ0v) is 14.6. The summed E-state index contributed by atoms with van der Waals surface area (Å²) in [5.41, 5.74) is 4.08. The maximum atomic E-state index is 12.4. The van der Waals surface area contributed by atoms with Crippen LogP contribution >= 0.6 is 11.3 Å². The molecular formula is C17H23N3OS. The second-order valence-electron chi connectivity index (χ2n) is 5.84.